The van der Waals surface area contributed by atoms with Crippen LogP contribution in [0.5, 0.6) is 11.5 Å². The van der Waals surface area contributed by atoms with E-state index in [1.165, 1.54) is 6.07 Å². The van der Waals surface area contributed by atoms with E-state index in [0.29, 0.717) is 23.4 Å². The summed E-state index contributed by atoms with van der Waals surface area (Å²) >= 11 is 0. The predicted molar refractivity (Wildman–Crippen MR) is 77.7 cm³/mol. The van der Waals surface area contributed by atoms with Gasteiger partial charge in [0.05, 0.1) is 5.71 Å². The van der Waals surface area contributed by atoms with Crippen LogP contribution < -0.4 is 4.74 Å². The quantitative estimate of drug-likeness (QED) is 0.501. The van der Waals surface area contributed by atoms with Crippen molar-refractivity contribution in [2.24, 2.45) is 5.16 Å². The first-order valence-electron chi connectivity index (χ1n) is 6.32. The Bertz CT molecular complexity index is 676. The average molecular weight is 282 g/mol. The van der Waals surface area contributed by atoms with Crippen LogP contribution in [0.15, 0.2) is 53.7 Å². The van der Waals surface area contributed by atoms with Crippen LogP contribution in [-0.4, -0.2) is 22.6 Å². The molecule has 0 heterocycles. The number of hydrogen-bond donors (Lipinski definition) is 2. The van der Waals surface area contributed by atoms with Crippen molar-refractivity contribution >= 4 is 5.71 Å². The largest absolute Gasteiger partial charge is 0.507 e. The number of ether oxygens (including phenoxy) is 1. The van der Waals surface area contributed by atoms with Gasteiger partial charge in [0.15, 0.2) is 6.61 Å². The van der Waals surface area contributed by atoms with E-state index in [9.17, 15) is 10.3 Å². The second kappa shape index (κ2) is 6.96. The topological polar surface area (TPSA) is 85.8 Å². The van der Waals surface area contributed by atoms with Gasteiger partial charge < -0.3 is 15.1 Å². The number of phenols is 1. The molecule has 0 radical (unpaired) electrons. The summed E-state index contributed by atoms with van der Waals surface area (Å²) in [5.41, 5.74) is 1.74. The second-order valence-electron chi connectivity index (χ2n) is 4.33. The Balaban J connectivity index is 2.21. The fourth-order valence-electron chi connectivity index (χ4n) is 1.93. The molecule has 0 amide bonds. The molecule has 2 rings (SSSR count). The van der Waals surface area contributed by atoms with E-state index in [2.05, 4.69) is 5.16 Å². The highest BCUT2D eigenvalue weighted by molar-refractivity contribution is 6.03. The van der Waals surface area contributed by atoms with Crippen LogP contribution in [0, 0.1) is 11.3 Å². The molecule has 2 aromatic rings. The number of nitriles is 1. The normalized spacial score (nSPS) is 10.9. The van der Waals surface area contributed by atoms with Crippen molar-refractivity contribution in [2.75, 3.05) is 6.61 Å². The summed E-state index contributed by atoms with van der Waals surface area (Å²) < 4.78 is 5.10. The van der Waals surface area contributed by atoms with E-state index in [0.717, 1.165) is 5.56 Å². The minimum atomic E-state index is -0.0935. The molecule has 0 unspecified atom stereocenters. The maximum absolute atomic E-state index is 10.0. The molecule has 0 aliphatic rings. The zero-order valence-corrected chi connectivity index (χ0v) is 11.2. The summed E-state index contributed by atoms with van der Waals surface area (Å²) in [5, 5.41) is 30.9. The molecule has 0 aliphatic carbocycles. The third-order valence-corrected chi connectivity index (χ3v) is 2.92. The standard InChI is InChI=1S/C16H14N2O3/c17-8-9-21-13-6-7-14(16(19)11-13)15(18-20)10-12-4-2-1-3-5-12/h1-7,11,19-20H,9-10H2. The van der Waals surface area contributed by atoms with E-state index in [1.54, 1.807) is 12.1 Å². The SMILES string of the molecule is N#CCOc1ccc(C(Cc2ccccc2)=NO)c(O)c1. The molecule has 0 atom stereocenters. The second-order valence-corrected chi connectivity index (χ2v) is 4.33. The number of rotatable bonds is 5. The monoisotopic (exact) mass is 282 g/mol. The van der Waals surface area contributed by atoms with Gasteiger partial charge in [-0.1, -0.05) is 35.5 Å². The molecule has 0 aliphatic heterocycles. The molecule has 21 heavy (non-hydrogen) atoms. The average Bonchev–Trinajstić information content (AvgIpc) is 2.52. The van der Waals surface area contributed by atoms with Gasteiger partial charge in [-0.2, -0.15) is 5.26 Å². The fourth-order valence-corrected chi connectivity index (χ4v) is 1.93. The fraction of sp³-hybridized carbons (Fsp3) is 0.125. The molecular weight excluding hydrogens is 268 g/mol. The molecule has 0 saturated carbocycles. The van der Waals surface area contributed by atoms with Crippen molar-refractivity contribution in [1.29, 1.82) is 5.26 Å². The molecule has 2 aromatic carbocycles. The van der Waals surface area contributed by atoms with Gasteiger partial charge in [-0.15, -0.1) is 0 Å². The van der Waals surface area contributed by atoms with Gasteiger partial charge in [-0.25, -0.2) is 0 Å². The van der Waals surface area contributed by atoms with E-state index in [1.807, 2.05) is 36.4 Å². The lowest BCUT2D eigenvalue weighted by molar-refractivity contribution is 0.318. The lowest BCUT2D eigenvalue weighted by Crippen LogP contribution is -2.06. The third kappa shape index (κ3) is 3.74. The van der Waals surface area contributed by atoms with Crippen LogP contribution in [0.3, 0.4) is 0 Å². The van der Waals surface area contributed by atoms with E-state index < -0.39 is 0 Å². The Labute approximate surface area is 122 Å². The molecule has 0 saturated heterocycles. The summed E-state index contributed by atoms with van der Waals surface area (Å²) in [6.45, 7) is -0.0935. The molecule has 5 heteroatoms. The van der Waals surface area contributed by atoms with Gasteiger partial charge in [0.25, 0.3) is 0 Å². The van der Waals surface area contributed by atoms with Crippen LogP contribution in [0.4, 0.5) is 0 Å². The molecule has 106 valence electrons. The summed E-state index contributed by atoms with van der Waals surface area (Å²) in [6, 6.07) is 16.0. The number of aromatic hydroxyl groups is 1. The van der Waals surface area contributed by atoms with Gasteiger partial charge >= 0.3 is 0 Å². The van der Waals surface area contributed by atoms with Crippen LogP contribution in [0.2, 0.25) is 0 Å². The van der Waals surface area contributed by atoms with Gasteiger partial charge in [0.2, 0.25) is 0 Å². The number of nitrogens with zero attached hydrogens (tertiary/aromatic N) is 2. The minimum Gasteiger partial charge on any atom is -0.507 e. The van der Waals surface area contributed by atoms with Crippen molar-refractivity contribution in [1.82, 2.24) is 0 Å². The van der Waals surface area contributed by atoms with Crippen molar-refractivity contribution in [3.63, 3.8) is 0 Å². The van der Waals surface area contributed by atoms with E-state index in [4.69, 9.17) is 10.00 Å². The van der Waals surface area contributed by atoms with Crippen molar-refractivity contribution in [2.45, 2.75) is 6.42 Å². The van der Waals surface area contributed by atoms with Crippen LogP contribution >= 0.6 is 0 Å². The Hall–Kier alpha value is -3.00. The smallest absolute Gasteiger partial charge is 0.174 e. The summed E-state index contributed by atoms with van der Waals surface area (Å²) in [7, 11) is 0. The van der Waals surface area contributed by atoms with Crippen LogP contribution in [0.25, 0.3) is 0 Å². The number of hydrogen-bond acceptors (Lipinski definition) is 5. The first kappa shape index (κ1) is 14.4. The van der Waals surface area contributed by atoms with Crippen molar-refractivity contribution in [3.05, 3.63) is 59.7 Å². The lowest BCUT2D eigenvalue weighted by Gasteiger charge is -2.09. The van der Waals surface area contributed by atoms with Gasteiger partial charge in [0.1, 0.15) is 17.6 Å². The summed E-state index contributed by atoms with van der Waals surface area (Å²) in [6.07, 6.45) is 0.392. The van der Waals surface area contributed by atoms with Gasteiger partial charge in [-0.05, 0) is 17.7 Å². The maximum atomic E-state index is 10.0. The molecule has 2 N–H and O–H groups in total. The molecule has 0 aromatic heterocycles. The van der Waals surface area contributed by atoms with Gasteiger partial charge in [-0.3, -0.25) is 0 Å². The Kier molecular flexibility index (Phi) is 4.78. The zero-order chi connectivity index (χ0) is 15.1. The number of phenolic OH excluding ortho intramolecular Hbond substituents is 1. The maximum Gasteiger partial charge on any atom is 0.174 e. The third-order valence-electron chi connectivity index (χ3n) is 2.92. The summed E-state index contributed by atoms with van der Waals surface area (Å²) in [5.74, 6) is 0.323. The molecular formula is C16H14N2O3. The minimum absolute atomic E-state index is 0.0610. The van der Waals surface area contributed by atoms with Crippen molar-refractivity contribution in [3.8, 4) is 17.6 Å². The molecule has 0 bridgehead atoms. The van der Waals surface area contributed by atoms with Crippen molar-refractivity contribution < 1.29 is 15.1 Å². The molecule has 0 spiro atoms. The Morgan fingerprint density at radius 2 is 1.95 bits per heavy atom. The predicted octanol–water partition coefficient (Wildman–Crippen LogP) is 2.72. The molecule has 0 fully saturated rings. The Morgan fingerprint density at radius 1 is 1.19 bits per heavy atom. The van der Waals surface area contributed by atoms with E-state index >= 15 is 0 Å². The first-order valence-corrected chi connectivity index (χ1v) is 6.32. The zero-order valence-electron chi connectivity index (χ0n) is 11.2. The molecule has 5 nitrogen and oxygen atoms in total. The van der Waals surface area contributed by atoms with Crippen LogP contribution in [0.1, 0.15) is 11.1 Å². The van der Waals surface area contributed by atoms with Gasteiger partial charge in [0, 0.05) is 18.1 Å². The highest BCUT2D eigenvalue weighted by Crippen LogP contribution is 2.25. The highest BCUT2D eigenvalue weighted by Gasteiger charge is 2.12. The van der Waals surface area contributed by atoms with E-state index in [-0.39, 0.29) is 12.4 Å². The summed E-state index contributed by atoms with van der Waals surface area (Å²) in [4.78, 5) is 0. The van der Waals surface area contributed by atoms with Crippen LogP contribution in [-0.2, 0) is 6.42 Å². The Morgan fingerprint density at radius 3 is 2.57 bits per heavy atom. The number of benzene rings is 2. The highest BCUT2D eigenvalue weighted by atomic mass is 16.5. The first-order chi connectivity index (χ1) is 10.2. The lowest BCUT2D eigenvalue weighted by atomic mass is 10.0. The number of oxime groups is 1.